The van der Waals surface area contributed by atoms with Gasteiger partial charge in [-0.05, 0) is 67.3 Å². The summed E-state index contributed by atoms with van der Waals surface area (Å²) in [6.45, 7) is 9.20. The van der Waals surface area contributed by atoms with Gasteiger partial charge in [0.2, 0.25) is 0 Å². The molecule has 0 heterocycles. The second kappa shape index (κ2) is 6.19. The maximum Gasteiger partial charge on any atom is 0.123 e. The van der Waals surface area contributed by atoms with Gasteiger partial charge in [-0.2, -0.15) is 0 Å². The molecule has 0 amide bonds. The molecule has 2 rings (SSSR count). The van der Waals surface area contributed by atoms with Crippen LogP contribution in [0.15, 0.2) is 36.4 Å². The molecule has 0 radical (unpaired) electrons. The smallest absolute Gasteiger partial charge is 0.123 e. The second-order valence-corrected chi connectivity index (χ2v) is 5.30. The largest absolute Gasteiger partial charge is 0.307 e. The van der Waals surface area contributed by atoms with Crippen LogP contribution in [0.25, 0.3) is 0 Å². The topological polar surface area (TPSA) is 12.0 Å². The Morgan fingerprint density at radius 3 is 2.20 bits per heavy atom. The van der Waals surface area contributed by atoms with Crippen LogP contribution in [-0.4, -0.2) is 6.54 Å². The van der Waals surface area contributed by atoms with Crippen LogP contribution in [0.4, 0.5) is 4.39 Å². The van der Waals surface area contributed by atoms with Gasteiger partial charge in [0, 0.05) is 0 Å². The first kappa shape index (κ1) is 14.7. The maximum absolute atomic E-state index is 13.3. The fraction of sp³-hybridized carbons (Fsp3) is 0.333. The number of hydrogen-bond donors (Lipinski definition) is 1. The van der Waals surface area contributed by atoms with E-state index in [4.69, 9.17) is 0 Å². The van der Waals surface area contributed by atoms with Crippen LogP contribution < -0.4 is 5.32 Å². The molecule has 0 aliphatic carbocycles. The van der Waals surface area contributed by atoms with Crippen LogP contribution in [-0.2, 0) is 0 Å². The van der Waals surface area contributed by atoms with Crippen LogP contribution >= 0.6 is 0 Å². The normalized spacial score (nSPS) is 12.4. The van der Waals surface area contributed by atoms with Gasteiger partial charge in [0.1, 0.15) is 5.82 Å². The lowest BCUT2D eigenvalue weighted by Gasteiger charge is -2.24. The zero-order valence-electron chi connectivity index (χ0n) is 12.6. The molecule has 1 unspecified atom stereocenters. The Bertz CT molecular complexity index is 584. The summed E-state index contributed by atoms with van der Waals surface area (Å²) in [5, 5.41) is 3.53. The zero-order valence-corrected chi connectivity index (χ0v) is 12.6. The van der Waals surface area contributed by atoms with Crippen molar-refractivity contribution >= 4 is 0 Å². The van der Waals surface area contributed by atoms with E-state index in [0.29, 0.717) is 0 Å². The molecule has 0 aromatic heterocycles. The summed E-state index contributed by atoms with van der Waals surface area (Å²) < 4.78 is 13.3. The van der Waals surface area contributed by atoms with E-state index in [-0.39, 0.29) is 11.9 Å². The van der Waals surface area contributed by atoms with Gasteiger partial charge in [0.15, 0.2) is 0 Å². The monoisotopic (exact) mass is 271 g/mol. The number of halogens is 1. The highest BCUT2D eigenvalue weighted by Crippen LogP contribution is 2.30. The van der Waals surface area contributed by atoms with Crippen LogP contribution in [0.1, 0.15) is 40.8 Å². The average Bonchev–Trinajstić information content (AvgIpc) is 2.38. The van der Waals surface area contributed by atoms with E-state index in [1.165, 1.54) is 16.7 Å². The van der Waals surface area contributed by atoms with Crippen molar-refractivity contribution in [2.75, 3.05) is 6.54 Å². The Labute approximate surface area is 120 Å². The molecule has 0 saturated heterocycles. The molecule has 0 aliphatic rings. The van der Waals surface area contributed by atoms with E-state index in [0.717, 1.165) is 17.7 Å². The van der Waals surface area contributed by atoms with Crippen LogP contribution in [0, 0.1) is 26.6 Å². The lowest BCUT2D eigenvalue weighted by atomic mass is 9.89. The summed E-state index contributed by atoms with van der Waals surface area (Å²) in [5.41, 5.74) is 5.95. The summed E-state index contributed by atoms with van der Waals surface area (Å²) in [5.74, 6) is -0.178. The molecule has 2 aromatic carbocycles. The first-order chi connectivity index (χ1) is 9.54. The minimum Gasteiger partial charge on any atom is -0.307 e. The minimum atomic E-state index is -0.178. The van der Waals surface area contributed by atoms with Crippen molar-refractivity contribution in [3.63, 3.8) is 0 Å². The zero-order chi connectivity index (χ0) is 14.7. The van der Waals surface area contributed by atoms with E-state index in [1.807, 2.05) is 13.0 Å². The molecule has 0 saturated carbocycles. The Balaban J connectivity index is 2.56. The molecule has 0 bridgehead atoms. The van der Waals surface area contributed by atoms with Crippen molar-refractivity contribution in [2.45, 2.75) is 33.7 Å². The number of hydrogen-bond acceptors (Lipinski definition) is 1. The van der Waals surface area contributed by atoms with Crippen LogP contribution in [0.2, 0.25) is 0 Å². The predicted octanol–water partition coefficient (Wildman–Crippen LogP) is 4.45. The first-order valence-electron chi connectivity index (χ1n) is 7.10. The number of nitrogens with one attached hydrogen (secondary N) is 1. The molecule has 2 aromatic rings. The fourth-order valence-electron chi connectivity index (χ4n) is 2.82. The van der Waals surface area contributed by atoms with Crippen molar-refractivity contribution in [3.05, 3.63) is 70.0 Å². The minimum absolute atomic E-state index is 0.113. The third-order valence-corrected chi connectivity index (χ3v) is 3.78. The van der Waals surface area contributed by atoms with E-state index < -0.39 is 0 Å². The van der Waals surface area contributed by atoms with E-state index in [9.17, 15) is 4.39 Å². The van der Waals surface area contributed by atoms with Crippen molar-refractivity contribution < 1.29 is 4.39 Å². The number of aryl methyl sites for hydroxylation is 3. The van der Waals surface area contributed by atoms with E-state index in [1.54, 1.807) is 12.1 Å². The molecular formula is C18H22FN. The third kappa shape index (κ3) is 2.91. The molecule has 1 atom stereocenters. The second-order valence-electron chi connectivity index (χ2n) is 5.30. The Kier molecular flexibility index (Phi) is 4.56. The van der Waals surface area contributed by atoms with Gasteiger partial charge in [-0.15, -0.1) is 0 Å². The lowest BCUT2D eigenvalue weighted by Crippen LogP contribution is -2.24. The molecule has 2 heteroatoms. The fourth-order valence-corrected chi connectivity index (χ4v) is 2.82. The molecule has 0 aliphatic heterocycles. The quantitative estimate of drug-likeness (QED) is 0.866. The molecular weight excluding hydrogens is 249 g/mol. The van der Waals surface area contributed by atoms with Gasteiger partial charge >= 0.3 is 0 Å². The molecule has 0 fully saturated rings. The highest BCUT2D eigenvalue weighted by atomic mass is 19.1. The van der Waals surface area contributed by atoms with Gasteiger partial charge in [-0.3, -0.25) is 0 Å². The van der Waals surface area contributed by atoms with E-state index >= 15 is 0 Å². The van der Waals surface area contributed by atoms with E-state index in [2.05, 4.69) is 44.3 Å². The van der Waals surface area contributed by atoms with Crippen molar-refractivity contribution in [2.24, 2.45) is 0 Å². The van der Waals surface area contributed by atoms with Crippen LogP contribution in [0.5, 0.6) is 0 Å². The summed E-state index contributed by atoms with van der Waals surface area (Å²) in [4.78, 5) is 0. The Morgan fingerprint density at radius 2 is 1.65 bits per heavy atom. The SMILES string of the molecule is CCNC(c1ccc(F)cc1C)c1c(C)cccc1C. The van der Waals surface area contributed by atoms with Crippen LogP contribution in [0.3, 0.4) is 0 Å². The molecule has 0 spiro atoms. The highest BCUT2D eigenvalue weighted by Gasteiger charge is 2.19. The molecule has 1 N–H and O–H groups in total. The van der Waals surface area contributed by atoms with Gasteiger partial charge in [0.05, 0.1) is 6.04 Å². The van der Waals surface area contributed by atoms with Gasteiger partial charge in [-0.1, -0.05) is 31.2 Å². The molecule has 106 valence electrons. The van der Waals surface area contributed by atoms with Crippen molar-refractivity contribution in [1.29, 1.82) is 0 Å². The standard InChI is InChI=1S/C18H22FN/c1-5-20-18(16-10-9-15(19)11-14(16)4)17-12(2)7-6-8-13(17)3/h6-11,18,20H,5H2,1-4H3. The summed E-state index contributed by atoms with van der Waals surface area (Å²) in [6.07, 6.45) is 0. The van der Waals surface area contributed by atoms with Crippen molar-refractivity contribution in [1.82, 2.24) is 5.32 Å². The predicted molar refractivity (Wildman–Crippen MR) is 82.6 cm³/mol. The molecule has 1 nitrogen and oxygen atoms in total. The first-order valence-corrected chi connectivity index (χ1v) is 7.10. The Morgan fingerprint density at radius 1 is 1.00 bits per heavy atom. The molecule has 20 heavy (non-hydrogen) atoms. The summed E-state index contributed by atoms with van der Waals surface area (Å²) in [6, 6.07) is 11.5. The third-order valence-electron chi connectivity index (χ3n) is 3.78. The Hall–Kier alpha value is -1.67. The van der Waals surface area contributed by atoms with Gasteiger partial charge < -0.3 is 5.32 Å². The number of rotatable bonds is 4. The van der Waals surface area contributed by atoms with Crippen molar-refractivity contribution in [3.8, 4) is 0 Å². The highest BCUT2D eigenvalue weighted by molar-refractivity contribution is 5.44. The summed E-state index contributed by atoms with van der Waals surface area (Å²) in [7, 11) is 0. The summed E-state index contributed by atoms with van der Waals surface area (Å²) >= 11 is 0. The lowest BCUT2D eigenvalue weighted by molar-refractivity contribution is 0.607. The van der Waals surface area contributed by atoms with Gasteiger partial charge in [-0.25, -0.2) is 4.39 Å². The average molecular weight is 271 g/mol. The maximum atomic E-state index is 13.3. The number of benzene rings is 2. The van der Waals surface area contributed by atoms with Gasteiger partial charge in [0.25, 0.3) is 0 Å².